The second-order valence-electron chi connectivity index (χ2n) is 11.1. The number of nitrogens with one attached hydrogen (secondary N) is 1. The van der Waals surface area contributed by atoms with Gasteiger partial charge in [-0.15, -0.1) is 0 Å². The minimum absolute atomic E-state index is 0.00718. The normalized spacial score (nSPS) is 18.0. The van der Waals surface area contributed by atoms with Gasteiger partial charge in [0.25, 0.3) is 0 Å². The Hall–Kier alpha value is -1.38. The van der Waals surface area contributed by atoms with Crippen molar-refractivity contribution in [3.8, 4) is 5.75 Å². The summed E-state index contributed by atoms with van der Waals surface area (Å²) in [6, 6.07) is 5.63. The van der Waals surface area contributed by atoms with Gasteiger partial charge in [0.05, 0.1) is 17.7 Å². The molecule has 37 heavy (non-hydrogen) atoms. The third-order valence-electron chi connectivity index (χ3n) is 7.46. The number of carbonyl (C=O) groups excluding carboxylic acids is 1. The molecule has 1 fully saturated rings. The van der Waals surface area contributed by atoms with Crippen LogP contribution in [-0.4, -0.2) is 62.7 Å². The van der Waals surface area contributed by atoms with Crippen molar-refractivity contribution >= 4 is 17.5 Å². The highest BCUT2D eigenvalue weighted by molar-refractivity contribution is 6.32. The number of aliphatic hydroxyl groups is 1. The summed E-state index contributed by atoms with van der Waals surface area (Å²) in [5.41, 5.74) is 7.66. The molecule has 0 aromatic heterocycles. The number of carbonyl (C=O) groups is 1. The molecule has 1 aliphatic heterocycles. The topological polar surface area (TPSA) is 103 Å². The minimum atomic E-state index is -0.751. The van der Waals surface area contributed by atoms with E-state index in [1.54, 1.807) is 7.11 Å². The molecule has 0 spiro atoms. The van der Waals surface area contributed by atoms with E-state index in [1.165, 1.54) is 0 Å². The predicted molar refractivity (Wildman–Crippen MR) is 149 cm³/mol. The lowest BCUT2D eigenvalue weighted by atomic mass is 9.80. The fraction of sp³-hybridized carbons (Fsp3) is 0.759. The molecule has 212 valence electrons. The second kappa shape index (κ2) is 16.6. The Labute approximate surface area is 228 Å². The highest BCUT2D eigenvalue weighted by Crippen LogP contribution is 2.30. The summed E-state index contributed by atoms with van der Waals surface area (Å²) in [6.45, 7) is 11.0. The summed E-state index contributed by atoms with van der Waals surface area (Å²) < 4.78 is 16.3. The second-order valence-corrected chi connectivity index (χ2v) is 11.5. The molecule has 8 heteroatoms. The van der Waals surface area contributed by atoms with Gasteiger partial charge in [-0.1, -0.05) is 45.4 Å². The first-order chi connectivity index (χ1) is 17.6. The summed E-state index contributed by atoms with van der Waals surface area (Å²) >= 11 is 6.35. The van der Waals surface area contributed by atoms with E-state index in [1.807, 2.05) is 32.0 Å². The molecule has 1 aromatic rings. The number of aliphatic hydroxyl groups excluding tert-OH is 1. The average molecular weight is 541 g/mol. The zero-order chi connectivity index (χ0) is 27.4. The highest BCUT2D eigenvalue weighted by Gasteiger charge is 2.31. The first-order valence-corrected chi connectivity index (χ1v) is 14.2. The van der Waals surface area contributed by atoms with Crippen molar-refractivity contribution in [2.75, 3.05) is 33.5 Å². The van der Waals surface area contributed by atoms with Crippen LogP contribution in [0.5, 0.6) is 5.75 Å². The third kappa shape index (κ3) is 11.1. The number of hydrogen-bond acceptors (Lipinski definition) is 6. The molecule has 4 atom stereocenters. The summed E-state index contributed by atoms with van der Waals surface area (Å²) in [6.07, 6.45) is 3.54. The fourth-order valence-corrected chi connectivity index (χ4v) is 5.01. The largest absolute Gasteiger partial charge is 0.492 e. The van der Waals surface area contributed by atoms with Crippen LogP contribution in [0.2, 0.25) is 5.02 Å². The monoisotopic (exact) mass is 540 g/mol. The van der Waals surface area contributed by atoms with Gasteiger partial charge in [0, 0.05) is 51.4 Å². The van der Waals surface area contributed by atoms with Crippen molar-refractivity contribution in [1.82, 2.24) is 5.32 Å². The van der Waals surface area contributed by atoms with Gasteiger partial charge >= 0.3 is 0 Å². The van der Waals surface area contributed by atoms with Crippen molar-refractivity contribution < 1.29 is 24.1 Å². The zero-order valence-corrected chi connectivity index (χ0v) is 24.1. The van der Waals surface area contributed by atoms with Crippen molar-refractivity contribution in [3.63, 3.8) is 0 Å². The summed E-state index contributed by atoms with van der Waals surface area (Å²) in [7, 11) is 1.67. The Kier molecular flexibility index (Phi) is 14.2. The van der Waals surface area contributed by atoms with Crippen LogP contribution < -0.4 is 15.8 Å². The van der Waals surface area contributed by atoms with E-state index in [9.17, 15) is 9.90 Å². The molecule has 1 amide bonds. The molecule has 1 heterocycles. The SMILES string of the molecule is COCCCOc1cc(C[C@@H](C[C@H](N)[C@@H](O)C[C@H](C(=O)NC2CCOCC2)C(C)C)C(C)C)ccc1Cl. The quantitative estimate of drug-likeness (QED) is 0.265. The average Bonchev–Trinajstić information content (AvgIpc) is 2.86. The number of hydrogen-bond donors (Lipinski definition) is 3. The number of nitrogens with two attached hydrogens (primary N) is 1. The standard InChI is InChI=1S/C29H49ClN2O5/c1-19(2)22(15-21-7-8-25(30)28(16-21)37-12-6-11-35-5)17-26(31)27(33)18-24(20(3)4)29(34)32-23-9-13-36-14-10-23/h7-8,16,19-20,22-24,26-27,33H,6,9-15,17-18,31H2,1-5H3,(H,32,34)/t22-,24-,26-,27-/m0/s1. The Balaban J connectivity index is 1.97. The van der Waals surface area contributed by atoms with Crippen molar-refractivity contribution in [2.45, 2.75) is 84.4 Å². The smallest absolute Gasteiger partial charge is 0.223 e. The Bertz CT molecular complexity index is 801. The first kappa shape index (κ1) is 31.8. The van der Waals surface area contributed by atoms with Gasteiger partial charge in [-0.25, -0.2) is 0 Å². The van der Waals surface area contributed by atoms with Crippen LogP contribution >= 0.6 is 11.6 Å². The number of halogens is 1. The Morgan fingerprint density at radius 1 is 1.16 bits per heavy atom. The van der Waals surface area contributed by atoms with Crippen molar-refractivity contribution in [2.24, 2.45) is 29.4 Å². The van der Waals surface area contributed by atoms with Crippen LogP contribution in [-0.2, 0) is 20.7 Å². The van der Waals surface area contributed by atoms with Gasteiger partial charge in [-0.05, 0) is 67.6 Å². The first-order valence-electron chi connectivity index (χ1n) is 13.8. The maximum Gasteiger partial charge on any atom is 0.223 e. The molecule has 0 aliphatic carbocycles. The molecule has 1 saturated heterocycles. The predicted octanol–water partition coefficient (Wildman–Crippen LogP) is 4.61. The lowest BCUT2D eigenvalue weighted by Gasteiger charge is -2.31. The number of ether oxygens (including phenoxy) is 3. The molecule has 7 nitrogen and oxygen atoms in total. The van der Waals surface area contributed by atoms with Gasteiger partial charge < -0.3 is 30.4 Å². The maximum atomic E-state index is 13.0. The van der Waals surface area contributed by atoms with Gasteiger partial charge in [-0.2, -0.15) is 0 Å². The molecule has 4 N–H and O–H groups in total. The van der Waals surface area contributed by atoms with E-state index in [0.717, 1.165) is 31.2 Å². The Morgan fingerprint density at radius 3 is 2.49 bits per heavy atom. The van der Waals surface area contributed by atoms with E-state index >= 15 is 0 Å². The van der Waals surface area contributed by atoms with Crippen LogP contribution in [0.15, 0.2) is 18.2 Å². The number of rotatable bonds is 16. The molecular formula is C29H49ClN2O5. The molecule has 0 radical (unpaired) electrons. The van der Waals surface area contributed by atoms with Gasteiger partial charge in [0.15, 0.2) is 0 Å². The van der Waals surface area contributed by atoms with Crippen LogP contribution in [0, 0.1) is 23.7 Å². The molecule has 0 saturated carbocycles. The van der Waals surface area contributed by atoms with Crippen molar-refractivity contribution in [1.29, 1.82) is 0 Å². The minimum Gasteiger partial charge on any atom is -0.492 e. The number of methoxy groups -OCH3 is 1. The van der Waals surface area contributed by atoms with Crippen LogP contribution in [0.1, 0.15) is 65.4 Å². The third-order valence-corrected chi connectivity index (χ3v) is 7.77. The summed E-state index contributed by atoms with van der Waals surface area (Å²) in [5.74, 6) is 1.15. The van der Waals surface area contributed by atoms with E-state index in [4.69, 9.17) is 31.5 Å². The van der Waals surface area contributed by atoms with Crippen LogP contribution in [0.25, 0.3) is 0 Å². The molecule has 0 bridgehead atoms. The van der Waals surface area contributed by atoms with E-state index in [0.29, 0.717) is 56.0 Å². The zero-order valence-electron chi connectivity index (χ0n) is 23.4. The lowest BCUT2D eigenvalue weighted by Crippen LogP contribution is -2.46. The van der Waals surface area contributed by atoms with E-state index in [2.05, 4.69) is 19.2 Å². The number of benzene rings is 1. The van der Waals surface area contributed by atoms with Crippen molar-refractivity contribution in [3.05, 3.63) is 28.8 Å². The fourth-order valence-electron chi connectivity index (χ4n) is 4.84. The molecule has 0 unspecified atom stereocenters. The molecule has 1 aliphatic rings. The maximum absolute atomic E-state index is 13.0. The lowest BCUT2D eigenvalue weighted by molar-refractivity contribution is -0.129. The Morgan fingerprint density at radius 2 is 1.86 bits per heavy atom. The summed E-state index contributed by atoms with van der Waals surface area (Å²) in [5, 5.41) is 14.8. The molecule has 1 aromatic carbocycles. The van der Waals surface area contributed by atoms with Gasteiger partial charge in [0.2, 0.25) is 5.91 Å². The van der Waals surface area contributed by atoms with E-state index < -0.39 is 12.1 Å². The van der Waals surface area contributed by atoms with E-state index in [-0.39, 0.29) is 29.7 Å². The number of amides is 1. The van der Waals surface area contributed by atoms with Crippen LogP contribution in [0.4, 0.5) is 0 Å². The highest BCUT2D eigenvalue weighted by atomic mass is 35.5. The molecular weight excluding hydrogens is 492 g/mol. The summed E-state index contributed by atoms with van der Waals surface area (Å²) in [4.78, 5) is 13.0. The van der Waals surface area contributed by atoms with Gasteiger partial charge in [0.1, 0.15) is 5.75 Å². The van der Waals surface area contributed by atoms with Crippen LogP contribution in [0.3, 0.4) is 0 Å². The molecule has 2 rings (SSSR count). The van der Waals surface area contributed by atoms with Gasteiger partial charge in [-0.3, -0.25) is 4.79 Å².